The number of nitrogens with zero attached hydrogens (tertiary/aromatic N) is 3. The Morgan fingerprint density at radius 1 is 0.974 bits per heavy atom. The summed E-state index contributed by atoms with van der Waals surface area (Å²) < 4.78 is 39.4. The molecular formula is C27H24ClF3N6O2. The first kappa shape index (κ1) is 27.8. The maximum absolute atomic E-state index is 13.1. The van der Waals surface area contributed by atoms with Crippen LogP contribution in [0.25, 0.3) is 10.9 Å². The van der Waals surface area contributed by atoms with Crippen molar-refractivity contribution < 1.29 is 22.8 Å². The molecule has 0 bridgehead atoms. The second-order valence-corrected chi connectivity index (χ2v) is 10.1. The van der Waals surface area contributed by atoms with Crippen LogP contribution in [0.3, 0.4) is 0 Å². The SMILES string of the molecule is CC(C)(C)C(=O)NCc1ccc(Cl)c(C(=O)Nc2cccc3c(Nc4cccc(C(F)(F)F)c4)ncnc23)n1. The zero-order valence-electron chi connectivity index (χ0n) is 21.2. The molecule has 12 heteroatoms. The van der Waals surface area contributed by atoms with Crippen molar-refractivity contribution in [3.63, 3.8) is 0 Å². The van der Waals surface area contributed by atoms with E-state index in [9.17, 15) is 22.8 Å². The highest BCUT2D eigenvalue weighted by Crippen LogP contribution is 2.33. The molecular weight excluding hydrogens is 533 g/mol. The van der Waals surface area contributed by atoms with E-state index >= 15 is 0 Å². The van der Waals surface area contributed by atoms with Gasteiger partial charge >= 0.3 is 6.18 Å². The van der Waals surface area contributed by atoms with Gasteiger partial charge in [-0.15, -0.1) is 0 Å². The Morgan fingerprint density at radius 2 is 1.72 bits per heavy atom. The van der Waals surface area contributed by atoms with Crippen molar-refractivity contribution in [3.05, 3.63) is 82.9 Å². The molecule has 2 heterocycles. The van der Waals surface area contributed by atoms with Gasteiger partial charge in [0.05, 0.1) is 34.0 Å². The molecule has 0 fully saturated rings. The van der Waals surface area contributed by atoms with Crippen LogP contribution in [0, 0.1) is 5.41 Å². The Labute approximate surface area is 227 Å². The maximum atomic E-state index is 13.1. The largest absolute Gasteiger partial charge is 0.416 e. The summed E-state index contributed by atoms with van der Waals surface area (Å²) in [6, 6.07) is 12.8. The number of anilines is 3. The predicted octanol–water partition coefficient (Wildman–Crippen LogP) is 6.36. The van der Waals surface area contributed by atoms with E-state index < -0.39 is 23.1 Å². The van der Waals surface area contributed by atoms with Crippen molar-refractivity contribution >= 4 is 51.5 Å². The number of rotatable bonds is 6. The lowest BCUT2D eigenvalue weighted by molar-refractivity contribution is -0.137. The van der Waals surface area contributed by atoms with Crippen LogP contribution in [0.2, 0.25) is 5.02 Å². The third-order valence-corrected chi connectivity index (χ3v) is 5.90. The molecule has 4 rings (SSSR count). The molecule has 2 amide bonds. The maximum Gasteiger partial charge on any atom is 0.416 e. The summed E-state index contributed by atoms with van der Waals surface area (Å²) in [5.41, 5.74) is -0.148. The van der Waals surface area contributed by atoms with Gasteiger partial charge in [0.25, 0.3) is 5.91 Å². The lowest BCUT2D eigenvalue weighted by Gasteiger charge is -2.17. The number of para-hydroxylation sites is 1. The Kier molecular flexibility index (Phi) is 7.73. The quantitative estimate of drug-likeness (QED) is 0.255. The molecule has 0 saturated heterocycles. The van der Waals surface area contributed by atoms with E-state index in [2.05, 4.69) is 30.9 Å². The third-order valence-electron chi connectivity index (χ3n) is 5.60. The number of benzene rings is 2. The van der Waals surface area contributed by atoms with Crippen LogP contribution in [0.5, 0.6) is 0 Å². The number of carbonyl (C=O) groups excluding carboxylic acids is 2. The molecule has 0 spiro atoms. The topological polar surface area (TPSA) is 109 Å². The molecule has 8 nitrogen and oxygen atoms in total. The van der Waals surface area contributed by atoms with Crippen molar-refractivity contribution in [1.82, 2.24) is 20.3 Å². The third kappa shape index (κ3) is 6.61. The second-order valence-electron chi connectivity index (χ2n) is 9.65. The van der Waals surface area contributed by atoms with E-state index in [1.165, 1.54) is 24.5 Å². The number of aromatic nitrogens is 3. The highest BCUT2D eigenvalue weighted by atomic mass is 35.5. The number of nitrogens with one attached hydrogen (secondary N) is 3. The van der Waals surface area contributed by atoms with Crippen molar-refractivity contribution in [3.8, 4) is 0 Å². The minimum atomic E-state index is -4.49. The number of pyridine rings is 1. The number of amides is 2. The van der Waals surface area contributed by atoms with Crippen LogP contribution in [0.1, 0.15) is 42.5 Å². The van der Waals surface area contributed by atoms with Crippen LogP contribution < -0.4 is 16.0 Å². The molecule has 39 heavy (non-hydrogen) atoms. The summed E-state index contributed by atoms with van der Waals surface area (Å²) >= 11 is 6.24. The molecule has 0 saturated carbocycles. The van der Waals surface area contributed by atoms with Gasteiger partial charge in [0.2, 0.25) is 5.91 Å². The molecule has 0 radical (unpaired) electrons. The Morgan fingerprint density at radius 3 is 2.44 bits per heavy atom. The number of halogens is 4. The number of hydrogen-bond donors (Lipinski definition) is 3. The van der Waals surface area contributed by atoms with Gasteiger partial charge in [-0.3, -0.25) is 9.59 Å². The monoisotopic (exact) mass is 556 g/mol. The molecule has 0 atom stereocenters. The Hall–Kier alpha value is -4.25. The highest BCUT2D eigenvalue weighted by Gasteiger charge is 2.30. The number of carbonyl (C=O) groups is 2. The fourth-order valence-electron chi connectivity index (χ4n) is 3.56. The van der Waals surface area contributed by atoms with Crippen LogP contribution in [-0.4, -0.2) is 26.8 Å². The minimum absolute atomic E-state index is 0.0486. The van der Waals surface area contributed by atoms with E-state index in [0.29, 0.717) is 22.3 Å². The minimum Gasteiger partial charge on any atom is -0.350 e. The molecule has 0 aliphatic carbocycles. The van der Waals surface area contributed by atoms with Gasteiger partial charge in [0.1, 0.15) is 17.8 Å². The summed E-state index contributed by atoms with van der Waals surface area (Å²) in [6.07, 6.45) is -3.26. The first-order chi connectivity index (χ1) is 18.3. The second kappa shape index (κ2) is 10.9. The Bertz CT molecular complexity index is 1550. The molecule has 2 aromatic heterocycles. The lowest BCUT2D eigenvalue weighted by atomic mass is 9.96. The first-order valence-corrected chi connectivity index (χ1v) is 12.1. The summed E-state index contributed by atoms with van der Waals surface area (Å²) in [6.45, 7) is 5.46. The van der Waals surface area contributed by atoms with Crippen molar-refractivity contribution in [2.45, 2.75) is 33.5 Å². The van der Waals surface area contributed by atoms with E-state index in [0.717, 1.165) is 12.1 Å². The molecule has 0 aliphatic rings. The molecule has 2 aromatic carbocycles. The predicted molar refractivity (Wildman–Crippen MR) is 143 cm³/mol. The fourth-order valence-corrected chi connectivity index (χ4v) is 3.75. The van der Waals surface area contributed by atoms with Gasteiger partial charge < -0.3 is 16.0 Å². The number of fused-ring (bicyclic) bond motifs is 1. The number of hydrogen-bond acceptors (Lipinski definition) is 6. The van der Waals surface area contributed by atoms with Gasteiger partial charge in [-0.2, -0.15) is 13.2 Å². The van der Waals surface area contributed by atoms with E-state index in [4.69, 9.17) is 11.6 Å². The fraction of sp³-hybridized carbons (Fsp3) is 0.222. The number of alkyl halides is 3. The average Bonchev–Trinajstić information content (AvgIpc) is 2.87. The van der Waals surface area contributed by atoms with E-state index in [1.54, 1.807) is 45.0 Å². The van der Waals surface area contributed by atoms with Crippen LogP contribution in [0.4, 0.5) is 30.4 Å². The van der Waals surface area contributed by atoms with Crippen molar-refractivity contribution in [2.24, 2.45) is 5.41 Å². The van der Waals surface area contributed by atoms with Gasteiger partial charge in [0, 0.05) is 16.5 Å². The zero-order chi connectivity index (χ0) is 28.4. The van der Waals surface area contributed by atoms with E-state index in [-0.39, 0.29) is 34.7 Å². The standard InChI is InChI=1S/C27H24ClF3N6O2/c1-26(2,3)25(39)32-13-17-10-11-19(28)22(35-17)24(38)37-20-9-5-8-18-21(20)33-14-34-23(18)36-16-7-4-6-15(12-16)27(29,30)31/h4-12,14H,13H2,1-3H3,(H,32,39)(H,37,38)(H,33,34,36). The molecule has 0 aliphatic heterocycles. The summed E-state index contributed by atoms with van der Waals surface area (Å²) in [5, 5.41) is 8.98. The van der Waals surface area contributed by atoms with Crippen molar-refractivity contribution in [1.29, 1.82) is 0 Å². The van der Waals surface area contributed by atoms with Gasteiger partial charge in [0.15, 0.2) is 0 Å². The van der Waals surface area contributed by atoms with Crippen LogP contribution in [-0.2, 0) is 17.5 Å². The highest BCUT2D eigenvalue weighted by molar-refractivity contribution is 6.34. The molecule has 3 N–H and O–H groups in total. The smallest absolute Gasteiger partial charge is 0.350 e. The molecule has 202 valence electrons. The summed E-state index contributed by atoms with van der Waals surface area (Å²) in [7, 11) is 0. The van der Waals surface area contributed by atoms with E-state index in [1.807, 2.05) is 0 Å². The zero-order valence-corrected chi connectivity index (χ0v) is 21.9. The normalized spacial score (nSPS) is 11.8. The molecule has 4 aromatic rings. The van der Waals surface area contributed by atoms with Crippen LogP contribution in [0.15, 0.2) is 60.9 Å². The first-order valence-electron chi connectivity index (χ1n) is 11.8. The molecule has 0 unspecified atom stereocenters. The average molecular weight is 557 g/mol. The lowest BCUT2D eigenvalue weighted by Crippen LogP contribution is -2.34. The van der Waals surface area contributed by atoms with Crippen LogP contribution >= 0.6 is 11.6 Å². The van der Waals surface area contributed by atoms with Gasteiger partial charge in [-0.1, -0.05) is 44.5 Å². The Balaban J connectivity index is 1.58. The summed E-state index contributed by atoms with van der Waals surface area (Å²) in [5.74, 6) is -0.527. The summed E-state index contributed by atoms with van der Waals surface area (Å²) in [4.78, 5) is 38.0. The van der Waals surface area contributed by atoms with Gasteiger partial charge in [-0.05, 0) is 42.5 Å². The van der Waals surface area contributed by atoms with Crippen molar-refractivity contribution in [2.75, 3.05) is 10.6 Å². The van der Waals surface area contributed by atoms with Gasteiger partial charge in [-0.25, -0.2) is 15.0 Å².